The summed E-state index contributed by atoms with van der Waals surface area (Å²) >= 11 is 0. The van der Waals surface area contributed by atoms with Gasteiger partial charge in [-0.3, -0.25) is 0 Å². The van der Waals surface area contributed by atoms with Gasteiger partial charge in [0, 0.05) is 18.3 Å². The number of hydrogen-bond acceptors (Lipinski definition) is 5. The van der Waals surface area contributed by atoms with Crippen LogP contribution in [0.1, 0.15) is 79.1 Å². The van der Waals surface area contributed by atoms with Crippen molar-refractivity contribution >= 4 is 5.97 Å². The Morgan fingerprint density at radius 2 is 1.88 bits per heavy atom. The van der Waals surface area contributed by atoms with Gasteiger partial charge in [-0.25, -0.2) is 4.79 Å². The van der Waals surface area contributed by atoms with Crippen molar-refractivity contribution in [2.75, 3.05) is 0 Å². The third kappa shape index (κ3) is 3.18. The summed E-state index contributed by atoms with van der Waals surface area (Å²) in [6.07, 6.45) is 10.4. The van der Waals surface area contributed by atoms with Crippen LogP contribution >= 0.6 is 0 Å². The van der Waals surface area contributed by atoms with Gasteiger partial charge in [0.1, 0.15) is 6.10 Å². The smallest absolute Gasteiger partial charge is 0.338 e. The van der Waals surface area contributed by atoms with E-state index in [1.807, 2.05) is 0 Å². The molecule has 32 heavy (non-hydrogen) atoms. The van der Waals surface area contributed by atoms with E-state index in [-0.39, 0.29) is 16.9 Å². The van der Waals surface area contributed by atoms with E-state index in [2.05, 4.69) is 32.9 Å². The number of hydrogen-bond donors (Lipinski definition) is 3. The predicted octanol–water partition coefficient (Wildman–Crippen LogP) is 3.91. The molecule has 1 unspecified atom stereocenters. The van der Waals surface area contributed by atoms with Crippen molar-refractivity contribution in [3.8, 4) is 0 Å². The molecule has 178 valence electrons. The van der Waals surface area contributed by atoms with Crippen molar-refractivity contribution in [3.63, 3.8) is 0 Å². The SMILES string of the molecule is C[C@H](CC1C[C@@](C)(O)C(=O)O1)[C@H]1CC[C@H]2C3=CC=C4C[C@@H](O)C[C@H](O)[C@]4(C)[C@H]3CC[C@]12C. The molecule has 5 aliphatic rings. The maximum absolute atomic E-state index is 11.9. The molecule has 10 atom stereocenters. The van der Waals surface area contributed by atoms with Gasteiger partial charge in [0.15, 0.2) is 5.60 Å². The zero-order valence-corrected chi connectivity index (χ0v) is 20.0. The lowest BCUT2D eigenvalue weighted by atomic mass is 9.49. The summed E-state index contributed by atoms with van der Waals surface area (Å²) in [6, 6.07) is 0. The highest BCUT2D eigenvalue weighted by atomic mass is 16.6. The molecule has 0 aromatic rings. The van der Waals surface area contributed by atoms with Crippen LogP contribution in [0.5, 0.6) is 0 Å². The Morgan fingerprint density at radius 3 is 2.56 bits per heavy atom. The molecule has 1 saturated heterocycles. The van der Waals surface area contributed by atoms with E-state index in [4.69, 9.17) is 4.74 Å². The number of esters is 1. The van der Waals surface area contributed by atoms with Crippen molar-refractivity contribution in [1.82, 2.24) is 0 Å². The number of rotatable bonds is 3. The monoisotopic (exact) mass is 444 g/mol. The maximum atomic E-state index is 11.9. The lowest BCUT2D eigenvalue weighted by Gasteiger charge is -2.56. The maximum Gasteiger partial charge on any atom is 0.338 e. The van der Waals surface area contributed by atoms with Crippen LogP contribution in [0.3, 0.4) is 0 Å². The standard InChI is InChI=1S/C27H40O5/c1-15(11-18-14-26(3,31)24(30)32-18)20-7-8-21-19-6-5-16-12-17(28)13-23(29)27(16,4)22(19)9-10-25(20,21)2/h5-6,15,17-18,20-23,28-29,31H,7-14H2,1-4H3/t15-,17-,18?,20-,21+,22+,23+,25-,26-,27+/m1/s1. The average molecular weight is 445 g/mol. The second-order valence-electron chi connectivity index (χ2n) is 12.3. The Kier molecular flexibility index (Phi) is 5.24. The van der Waals surface area contributed by atoms with Crippen LogP contribution in [0.15, 0.2) is 23.3 Å². The molecule has 0 aromatic heterocycles. The summed E-state index contributed by atoms with van der Waals surface area (Å²) in [7, 11) is 0. The summed E-state index contributed by atoms with van der Waals surface area (Å²) in [4.78, 5) is 11.9. The average Bonchev–Trinajstić information content (AvgIpc) is 3.18. The van der Waals surface area contributed by atoms with Gasteiger partial charge < -0.3 is 20.1 Å². The number of aliphatic hydroxyl groups is 3. The van der Waals surface area contributed by atoms with Crippen LogP contribution < -0.4 is 0 Å². The molecule has 0 spiro atoms. The predicted molar refractivity (Wildman–Crippen MR) is 121 cm³/mol. The molecule has 4 aliphatic carbocycles. The summed E-state index contributed by atoms with van der Waals surface area (Å²) < 4.78 is 5.50. The van der Waals surface area contributed by atoms with E-state index in [0.717, 1.165) is 19.3 Å². The highest BCUT2D eigenvalue weighted by molar-refractivity contribution is 5.80. The molecule has 5 nitrogen and oxygen atoms in total. The van der Waals surface area contributed by atoms with E-state index < -0.39 is 23.8 Å². The summed E-state index contributed by atoms with van der Waals surface area (Å²) in [6.45, 7) is 8.55. The zero-order valence-electron chi connectivity index (χ0n) is 20.0. The van der Waals surface area contributed by atoms with Gasteiger partial charge in [-0.15, -0.1) is 0 Å². The van der Waals surface area contributed by atoms with Crippen molar-refractivity contribution in [2.24, 2.45) is 34.5 Å². The highest BCUT2D eigenvalue weighted by Gasteiger charge is 2.59. The Morgan fingerprint density at radius 1 is 1.12 bits per heavy atom. The van der Waals surface area contributed by atoms with Crippen LogP contribution in [-0.4, -0.2) is 45.2 Å². The third-order valence-corrected chi connectivity index (χ3v) is 10.4. The molecule has 0 radical (unpaired) electrons. The fourth-order valence-corrected chi connectivity index (χ4v) is 8.58. The minimum atomic E-state index is -1.34. The van der Waals surface area contributed by atoms with Crippen LogP contribution in [0.25, 0.3) is 0 Å². The van der Waals surface area contributed by atoms with Crippen LogP contribution in [0.2, 0.25) is 0 Å². The van der Waals surface area contributed by atoms with Gasteiger partial charge in [-0.05, 0) is 74.5 Å². The van der Waals surface area contributed by atoms with Crippen LogP contribution in [-0.2, 0) is 9.53 Å². The molecular formula is C27H40O5. The second kappa shape index (κ2) is 7.41. The first-order valence-electron chi connectivity index (χ1n) is 12.7. The quantitative estimate of drug-likeness (QED) is 0.575. The summed E-state index contributed by atoms with van der Waals surface area (Å²) in [5.41, 5.74) is 1.36. The fraction of sp³-hybridized carbons (Fsp3) is 0.815. The molecule has 5 heteroatoms. The zero-order chi connectivity index (χ0) is 23.1. The minimum Gasteiger partial charge on any atom is -0.460 e. The van der Waals surface area contributed by atoms with E-state index >= 15 is 0 Å². The molecule has 1 aliphatic heterocycles. The fourth-order valence-electron chi connectivity index (χ4n) is 8.58. The van der Waals surface area contributed by atoms with E-state index in [9.17, 15) is 20.1 Å². The number of cyclic esters (lactones) is 1. The van der Waals surface area contributed by atoms with Crippen molar-refractivity contribution in [2.45, 2.75) is 103 Å². The Labute approximate surface area is 191 Å². The van der Waals surface area contributed by atoms with Crippen molar-refractivity contribution < 1.29 is 24.9 Å². The third-order valence-electron chi connectivity index (χ3n) is 10.4. The van der Waals surface area contributed by atoms with Gasteiger partial charge >= 0.3 is 5.97 Å². The van der Waals surface area contributed by atoms with E-state index in [1.165, 1.54) is 24.0 Å². The minimum absolute atomic E-state index is 0.186. The lowest BCUT2D eigenvalue weighted by molar-refractivity contribution is -0.154. The Bertz CT molecular complexity index is 858. The first kappa shape index (κ1) is 22.6. The Hall–Kier alpha value is -1.17. The first-order valence-corrected chi connectivity index (χ1v) is 12.7. The van der Waals surface area contributed by atoms with Gasteiger partial charge in [0.25, 0.3) is 0 Å². The summed E-state index contributed by atoms with van der Waals surface area (Å²) in [5, 5.41) is 31.5. The molecular weight excluding hydrogens is 404 g/mol. The number of allylic oxidation sites excluding steroid dienone is 3. The van der Waals surface area contributed by atoms with Gasteiger partial charge in [0.2, 0.25) is 0 Å². The van der Waals surface area contributed by atoms with E-state index in [0.29, 0.717) is 42.9 Å². The molecule has 3 saturated carbocycles. The molecule has 0 amide bonds. The number of fused-ring (bicyclic) bond motifs is 5. The van der Waals surface area contributed by atoms with E-state index in [1.54, 1.807) is 6.92 Å². The van der Waals surface area contributed by atoms with Crippen LogP contribution in [0.4, 0.5) is 0 Å². The van der Waals surface area contributed by atoms with Crippen molar-refractivity contribution in [1.29, 1.82) is 0 Å². The number of carbonyl (C=O) groups excluding carboxylic acids is 1. The molecule has 5 rings (SSSR count). The molecule has 4 fully saturated rings. The normalized spacial score (nSPS) is 51.2. The Balaban J connectivity index is 1.36. The first-order chi connectivity index (χ1) is 15.0. The number of aliphatic hydroxyl groups excluding tert-OH is 2. The second-order valence-corrected chi connectivity index (χ2v) is 12.3. The highest BCUT2D eigenvalue weighted by Crippen LogP contribution is 2.66. The van der Waals surface area contributed by atoms with Gasteiger partial charge in [-0.2, -0.15) is 0 Å². The lowest BCUT2D eigenvalue weighted by Crippen LogP contribution is -2.52. The van der Waals surface area contributed by atoms with Crippen molar-refractivity contribution in [3.05, 3.63) is 23.3 Å². The number of carbonyl (C=O) groups is 1. The molecule has 0 bridgehead atoms. The van der Waals surface area contributed by atoms with Crippen LogP contribution in [0, 0.1) is 34.5 Å². The molecule has 1 heterocycles. The topological polar surface area (TPSA) is 87.0 Å². The molecule has 3 N–H and O–H groups in total. The number of ether oxygens (including phenoxy) is 1. The summed E-state index contributed by atoms with van der Waals surface area (Å²) in [5.74, 6) is 1.40. The largest absolute Gasteiger partial charge is 0.460 e. The molecule has 0 aromatic carbocycles. The van der Waals surface area contributed by atoms with Gasteiger partial charge in [-0.1, -0.05) is 44.1 Å². The van der Waals surface area contributed by atoms with Gasteiger partial charge in [0.05, 0.1) is 12.2 Å².